The maximum absolute atomic E-state index is 13.6. The van der Waals surface area contributed by atoms with Crippen molar-refractivity contribution in [3.63, 3.8) is 0 Å². The highest BCUT2D eigenvalue weighted by molar-refractivity contribution is 7.92. The molecule has 1 atom stereocenters. The number of halogens is 1. The van der Waals surface area contributed by atoms with Crippen LogP contribution in [0.5, 0.6) is 0 Å². The third kappa shape index (κ3) is 8.23. The minimum absolute atomic E-state index is 0.0709. The molecule has 9 heteroatoms. The lowest BCUT2D eigenvalue weighted by Gasteiger charge is -2.32. The summed E-state index contributed by atoms with van der Waals surface area (Å²) < 4.78 is 26.5. The van der Waals surface area contributed by atoms with E-state index < -0.39 is 28.5 Å². The summed E-state index contributed by atoms with van der Waals surface area (Å²) in [5, 5.41) is 3.32. The first kappa shape index (κ1) is 29.6. The lowest BCUT2D eigenvalue weighted by Crippen LogP contribution is -2.51. The molecular weight excluding hydrogens is 498 g/mol. The van der Waals surface area contributed by atoms with Gasteiger partial charge in [-0.15, -0.1) is 0 Å². The van der Waals surface area contributed by atoms with Crippen LogP contribution in [-0.2, 0) is 31.6 Å². The molecule has 2 amide bonds. The van der Waals surface area contributed by atoms with Gasteiger partial charge in [0.15, 0.2) is 0 Å². The van der Waals surface area contributed by atoms with Crippen LogP contribution in [0.3, 0.4) is 0 Å². The van der Waals surface area contributed by atoms with Gasteiger partial charge in [-0.05, 0) is 48.1 Å². The van der Waals surface area contributed by atoms with Gasteiger partial charge in [0.1, 0.15) is 12.6 Å². The van der Waals surface area contributed by atoms with Crippen LogP contribution in [0, 0.1) is 0 Å². The smallest absolute Gasteiger partial charge is 0.244 e. The van der Waals surface area contributed by atoms with Crippen molar-refractivity contribution in [2.45, 2.75) is 65.5 Å². The number of hydrogen-bond acceptors (Lipinski definition) is 4. The average Bonchev–Trinajstić information content (AvgIpc) is 2.80. The summed E-state index contributed by atoms with van der Waals surface area (Å²) in [5.41, 5.74) is 2.00. The van der Waals surface area contributed by atoms with E-state index in [1.165, 1.54) is 4.90 Å². The predicted octanol–water partition coefficient (Wildman–Crippen LogP) is 4.74. The molecule has 0 spiro atoms. The highest BCUT2D eigenvalue weighted by Gasteiger charge is 2.30. The van der Waals surface area contributed by atoms with Crippen molar-refractivity contribution in [1.82, 2.24) is 10.2 Å². The Kier molecular flexibility index (Phi) is 10.4. The number of amides is 2. The van der Waals surface area contributed by atoms with Crippen molar-refractivity contribution in [3.05, 3.63) is 64.7 Å². The summed E-state index contributed by atoms with van der Waals surface area (Å²) in [7, 11) is -3.78. The van der Waals surface area contributed by atoms with Crippen molar-refractivity contribution in [1.29, 1.82) is 0 Å². The zero-order valence-corrected chi connectivity index (χ0v) is 23.6. The lowest BCUT2D eigenvalue weighted by molar-refractivity contribution is -0.139. The molecule has 0 aromatic heterocycles. The Labute approximate surface area is 220 Å². The zero-order chi connectivity index (χ0) is 27.1. The van der Waals surface area contributed by atoms with E-state index in [2.05, 4.69) is 26.1 Å². The Morgan fingerprint density at radius 3 is 2.19 bits per heavy atom. The van der Waals surface area contributed by atoms with Crippen LogP contribution in [0.1, 0.15) is 58.6 Å². The summed E-state index contributed by atoms with van der Waals surface area (Å²) in [6.07, 6.45) is 2.81. The maximum atomic E-state index is 13.6. The highest BCUT2D eigenvalue weighted by atomic mass is 35.5. The van der Waals surface area contributed by atoms with Gasteiger partial charge in [-0.3, -0.25) is 13.9 Å². The van der Waals surface area contributed by atoms with Crippen LogP contribution < -0.4 is 9.62 Å². The maximum Gasteiger partial charge on any atom is 0.244 e. The fourth-order valence-electron chi connectivity index (χ4n) is 3.67. The Bertz CT molecular complexity index is 1140. The van der Waals surface area contributed by atoms with Crippen LogP contribution in [0.2, 0.25) is 5.02 Å². The Morgan fingerprint density at radius 1 is 1.06 bits per heavy atom. The van der Waals surface area contributed by atoms with Crippen LogP contribution >= 0.6 is 11.6 Å². The second kappa shape index (κ2) is 12.6. The van der Waals surface area contributed by atoms with Gasteiger partial charge in [0.05, 0.1) is 11.9 Å². The number of nitrogens with zero attached hydrogens (tertiary/aromatic N) is 2. The number of nitrogens with one attached hydrogen (secondary N) is 1. The zero-order valence-electron chi connectivity index (χ0n) is 22.0. The monoisotopic (exact) mass is 535 g/mol. The van der Waals surface area contributed by atoms with Crippen molar-refractivity contribution in [2.24, 2.45) is 0 Å². The summed E-state index contributed by atoms with van der Waals surface area (Å²) in [5.74, 6) is -0.803. The molecule has 0 aliphatic carbocycles. The van der Waals surface area contributed by atoms with Gasteiger partial charge in [0.2, 0.25) is 21.8 Å². The third-order valence-electron chi connectivity index (χ3n) is 6.00. The first-order chi connectivity index (χ1) is 16.8. The lowest BCUT2D eigenvalue weighted by atomic mass is 9.87. The number of unbranched alkanes of at least 4 members (excludes halogenated alkanes) is 1. The van der Waals surface area contributed by atoms with Crippen LogP contribution in [0.15, 0.2) is 48.5 Å². The number of anilines is 1. The van der Waals surface area contributed by atoms with Gasteiger partial charge in [-0.1, -0.05) is 76.0 Å². The SMILES string of the molecule is CCCCNC(=O)[C@@H](C)N(Cc1ccccc1Cl)C(=O)CN(c1ccc(C(C)(C)C)cc1)S(C)(=O)=O. The molecule has 36 heavy (non-hydrogen) atoms. The molecule has 0 unspecified atom stereocenters. The summed E-state index contributed by atoms with van der Waals surface area (Å²) in [6.45, 7) is 10.0. The fraction of sp³-hybridized carbons (Fsp3) is 0.481. The van der Waals surface area contributed by atoms with E-state index in [1.54, 1.807) is 43.3 Å². The standard InChI is InChI=1S/C27H38ClN3O4S/c1-7-8-17-29-26(33)20(2)30(18-21-11-9-10-12-24(21)28)25(32)19-31(36(6,34)35)23-15-13-22(14-16-23)27(3,4)5/h9-16,20H,7-8,17-19H2,1-6H3,(H,29,33)/t20-/m1/s1. The minimum Gasteiger partial charge on any atom is -0.354 e. The fourth-order valence-corrected chi connectivity index (χ4v) is 4.72. The van der Waals surface area contributed by atoms with Gasteiger partial charge >= 0.3 is 0 Å². The normalized spacial score (nSPS) is 12.6. The van der Waals surface area contributed by atoms with Crippen molar-refractivity contribution in [3.8, 4) is 0 Å². The molecule has 0 bridgehead atoms. The van der Waals surface area contributed by atoms with E-state index in [0.717, 1.165) is 29.0 Å². The van der Waals surface area contributed by atoms with E-state index in [9.17, 15) is 18.0 Å². The molecule has 7 nitrogen and oxygen atoms in total. The Morgan fingerprint density at radius 2 is 1.67 bits per heavy atom. The highest BCUT2D eigenvalue weighted by Crippen LogP contribution is 2.26. The number of carbonyl (C=O) groups is 2. The molecule has 1 N–H and O–H groups in total. The molecule has 0 saturated heterocycles. The molecule has 2 aromatic carbocycles. The number of rotatable bonds is 11. The minimum atomic E-state index is -3.78. The van der Waals surface area contributed by atoms with Crippen molar-refractivity contribution in [2.75, 3.05) is 23.7 Å². The van der Waals surface area contributed by atoms with E-state index in [-0.39, 0.29) is 17.9 Å². The molecule has 198 valence electrons. The second-order valence-corrected chi connectivity index (χ2v) is 12.3. The number of benzene rings is 2. The van der Waals surface area contributed by atoms with Gasteiger partial charge in [0.25, 0.3) is 0 Å². The van der Waals surface area contributed by atoms with Gasteiger partial charge in [0, 0.05) is 18.1 Å². The molecule has 0 aliphatic heterocycles. The van der Waals surface area contributed by atoms with E-state index in [4.69, 9.17) is 11.6 Å². The predicted molar refractivity (Wildman–Crippen MR) is 147 cm³/mol. The Balaban J connectivity index is 2.38. The topological polar surface area (TPSA) is 86.8 Å². The molecule has 0 heterocycles. The number of hydrogen-bond donors (Lipinski definition) is 1. The van der Waals surface area contributed by atoms with Gasteiger partial charge in [-0.2, -0.15) is 0 Å². The number of carbonyl (C=O) groups excluding carboxylic acids is 2. The molecule has 2 aromatic rings. The van der Waals surface area contributed by atoms with E-state index in [0.29, 0.717) is 22.8 Å². The quantitative estimate of drug-likeness (QED) is 0.421. The molecular formula is C27H38ClN3O4S. The van der Waals surface area contributed by atoms with E-state index >= 15 is 0 Å². The van der Waals surface area contributed by atoms with Gasteiger partial charge in [-0.25, -0.2) is 8.42 Å². The van der Waals surface area contributed by atoms with Crippen molar-refractivity contribution >= 4 is 39.1 Å². The molecule has 0 fully saturated rings. The first-order valence-corrected chi connectivity index (χ1v) is 14.4. The van der Waals surface area contributed by atoms with E-state index in [1.807, 2.05) is 19.1 Å². The first-order valence-electron chi connectivity index (χ1n) is 12.1. The van der Waals surface area contributed by atoms with Crippen molar-refractivity contribution < 1.29 is 18.0 Å². The average molecular weight is 536 g/mol. The molecule has 0 saturated carbocycles. The second-order valence-electron chi connectivity index (χ2n) is 10.0. The van der Waals surface area contributed by atoms with Gasteiger partial charge < -0.3 is 10.2 Å². The Hall–Kier alpha value is -2.58. The van der Waals surface area contributed by atoms with Crippen LogP contribution in [0.4, 0.5) is 5.69 Å². The molecule has 0 aliphatic rings. The van der Waals surface area contributed by atoms with Crippen LogP contribution in [0.25, 0.3) is 0 Å². The summed E-state index contributed by atoms with van der Waals surface area (Å²) in [4.78, 5) is 27.8. The van der Waals surface area contributed by atoms with Crippen LogP contribution in [-0.4, -0.2) is 50.5 Å². The summed E-state index contributed by atoms with van der Waals surface area (Å²) >= 11 is 6.34. The summed E-state index contributed by atoms with van der Waals surface area (Å²) in [6, 6.07) is 13.4. The number of sulfonamides is 1. The largest absolute Gasteiger partial charge is 0.354 e. The third-order valence-corrected chi connectivity index (χ3v) is 7.51. The molecule has 0 radical (unpaired) electrons. The molecule has 2 rings (SSSR count).